The minimum atomic E-state index is -0.719. The van der Waals surface area contributed by atoms with Crippen molar-refractivity contribution in [3.05, 3.63) is 101 Å². The number of rotatable bonds is 7. The van der Waals surface area contributed by atoms with Crippen molar-refractivity contribution in [2.75, 3.05) is 13.1 Å². The molecule has 0 amide bonds. The Morgan fingerprint density at radius 3 is 2.11 bits per heavy atom. The summed E-state index contributed by atoms with van der Waals surface area (Å²) in [4.78, 5) is 14.1. The number of aryl methyl sites for hydroxylation is 1. The first kappa shape index (κ1) is 23.7. The van der Waals surface area contributed by atoms with Crippen LogP contribution in [0.15, 0.2) is 83.4 Å². The lowest BCUT2D eigenvalue weighted by Gasteiger charge is -2.32. The van der Waals surface area contributed by atoms with Gasteiger partial charge in [-0.2, -0.15) is 0 Å². The molecule has 2 heterocycles. The quantitative estimate of drug-likeness (QED) is 0.307. The number of carboxylic acid groups (broad SMARTS) is 1. The van der Waals surface area contributed by atoms with Crippen molar-refractivity contribution in [2.45, 2.75) is 50.5 Å². The number of carboxylic acids is 1. The Labute approximate surface area is 217 Å². The minimum Gasteiger partial charge on any atom is -0.481 e. The van der Waals surface area contributed by atoms with Gasteiger partial charge in [-0.25, -0.2) is 0 Å². The number of aromatic nitrogens is 1. The van der Waals surface area contributed by atoms with E-state index in [1.54, 1.807) is 0 Å². The zero-order valence-electron chi connectivity index (χ0n) is 21.2. The Bertz CT molecular complexity index is 1380. The van der Waals surface area contributed by atoms with Gasteiger partial charge in [0.05, 0.1) is 11.1 Å². The Morgan fingerprint density at radius 2 is 1.51 bits per heavy atom. The smallest absolute Gasteiger partial charge is 0.314 e. The first-order valence-electron chi connectivity index (χ1n) is 13.2. The molecule has 1 aliphatic carbocycles. The zero-order valence-corrected chi connectivity index (χ0v) is 21.2. The lowest BCUT2D eigenvalue weighted by Crippen LogP contribution is -2.32. The summed E-state index contributed by atoms with van der Waals surface area (Å²) in [7, 11) is 0. The van der Waals surface area contributed by atoms with Crippen molar-refractivity contribution in [3.8, 4) is 22.5 Å². The summed E-state index contributed by atoms with van der Waals surface area (Å²) in [6.45, 7) is 5.02. The summed E-state index contributed by atoms with van der Waals surface area (Å²) in [6.07, 6.45) is 3.79. The highest BCUT2D eigenvalue weighted by atomic mass is 16.5. The molecule has 0 unspecified atom stereocenters. The predicted octanol–water partition coefficient (Wildman–Crippen LogP) is 6.81. The van der Waals surface area contributed by atoms with Crippen LogP contribution in [0.2, 0.25) is 0 Å². The SMILES string of the molecule is Cc1noc(-c2ccc(-c3ccc(C4(C(=O)O)CC4)cc3)cc2)c1CN1CCC(c2ccccc2)CC1. The summed E-state index contributed by atoms with van der Waals surface area (Å²) in [5.41, 5.74) is 6.99. The first-order valence-corrected chi connectivity index (χ1v) is 13.2. The van der Waals surface area contributed by atoms with E-state index in [-0.39, 0.29) is 0 Å². The van der Waals surface area contributed by atoms with Crippen molar-refractivity contribution in [2.24, 2.45) is 0 Å². The molecule has 0 bridgehead atoms. The Hall–Kier alpha value is -3.70. The van der Waals surface area contributed by atoms with Gasteiger partial charge in [-0.15, -0.1) is 0 Å². The Kier molecular flexibility index (Phi) is 6.17. The van der Waals surface area contributed by atoms with Crippen LogP contribution in [0.1, 0.15) is 54.0 Å². The van der Waals surface area contributed by atoms with Gasteiger partial charge in [0, 0.05) is 17.7 Å². The molecule has 6 rings (SSSR count). The number of carbonyl (C=O) groups is 1. The molecule has 4 aromatic rings. The topological polar surface area (TPSA) is 66.6 Å². The van der Waals surface area contributed by atoms with Gasteiger partial charge in [0.2, 0.25) is 0 Å². The van der Waals surface area contributed by atoms with Gasteiger partial charge in [0.15, 0.2) is 5.76 Å². The number of aliphatic carboxylic acids is 1. The molecule has 0 radical (unpaired) electrons. The maximum Gasteiger partial charge on any atom is 0.314 e. The van der Waals surface area contributed by atoms with Gasteiger partial charge in [-0.05, 0) is 73.9 Å². The van der Waals surface area contributed by atoms with E-state index in [0.717, 1.165) is 66.2 Å². The van der Waals surface area contributed by atoms with Gasteiger partial charge in [0.25, 0.3) is 0 Å². The number of nitrogens with zero attached hydrogens (tertiary/aromatic N) is 2. The molecule has 2 fully saturated rings. The summed E-state index contributed by atoms with van der Waals surface area (Å²) in [5.74, 6) is 0.770. The van der Waals surface area contributed by atoms with Crippen LogP contribution in [0, 0.1) is 6.92 Å². The third-order valence-electron chi connectivity index (χ3n) is 8.30. The standard InChI is InChI=1S/C32H32N2O3/c1-22-29(21-34-19-15-26(16-20-34)23-5-3-2-4-6-23)30(37-33-22)27-9-7-24(8-10-27)25-11-13-28(14-12-25)32(17-18-32)31(35)36/h2-14,26H,15-21H2,1H3,(H,35,36). The van der Waals surface area contributed by atoms with Gasteiger partial charge in [-0.1, -0.05) is 84.0 Å². The van der Waals surface area contributed by atoms with Gasteiger partial charge >= 0.3 is 5.97 Å². The lowest BCUT2D eigenvalue weighted by atomic mass is 9.89. The number of hydrogen-bond donors (Lipinski definition) is 1. The van der Waals surface area contributed by atoms with Crippen LogP contribution in [-0.4, -0.2) is 34.2 Å². The molecule has 0 atom stereocenters. The summed E-state index contributed by atoms with van der Waals surface area (Å²) in [5, 5.41) is 13.9. The van der Waals surface area contributed by atoms with E-state index < -0.39 is 11.4 Å². The van der Waals surface area contributed by atoms with E-state index in [9.17, 15) is 9.90 Å². The Balaban J connectivity index is 1.14. The predicted molar refractivity (Wildman–Crippen MR) is 144 cm³/mol. The van der Waals surface area contributed by atoms with E-state index in [1.807, 2.05) is 31.2 Å². The average Bonchev–Trinajstić information content (AvgIpc) is 3.69. The van der Waals surface area contributed by atoms with E-state index in [0.29, 0.717) is 5.92 Å². The molecule has 1 N–H and O–H groups in total. The summed E-state index contributed by atoms with van der Waals surface area (Å²) in [6, 6.07) is 27.2. The van der Waals surface area contributed by atoms with Crippen molar-refractivity contribution in [1.82, 2.24) is 10.1 Å². The molecule has 5 nitrogen and oxygen atoms in total. The summed E-state index contributed by atoms with van der Waals surface area (Å²) < 4.78 is 5.81. The second-order valence-corrected chi connectivity index (χ2v) is 10.6. The van der Waals surface area contributed by atoms with Gasteiger partial charge < -0.3 is 9.63 Å². The number of hydrogen-bond acceptors (Lipinski definition) is 4. The molecular formula is C32H32N2O3. The molecule has 5 heteroatoms. The van der Waals surface area contributed by atoms with Crippen molar-refractivity contribution < 1.29 is 14.4 Å². The van der Waals surface area contributed by atoms with E-state index in [4.69, 9.17) is 4.52 Å². The first-order chi connectivity index (χ1) is 18.0. The molecule has 2 aliphatic rings. The molecule has 1 aliphatic heterocycles. The maximum atomic E-state index is 11.6. The molecule has 1 saturated heterocycles. The molecule has 37 heavy (non-hydrogen) atoms. The minimum absolute atomic E-state index is 0.640. The van der Waals surface area contributed by atoms with Crippen LogP contribution in [0.3, 0.4) is 0 Å². The van der Waals surface area contributed by atoms with Crippen LogP contribution >= 0.6 is 0 Å². The highest BCUT2D eigenvalue weighted by Crippen LogP contribution is 2.48. The normalized spacial score (nSPS) is 17.5. The van der Waals surface area contributed by atoms with Crippen LogP contribution in [-0.2, 0) is 16.8 Å². The highest BCUT2D eigenvalue weighted by molar-refractivity contribution is 5.85. The lowest BCUT2D eigenvalue weighted by molar-refractivity contribution is -0.140. The summed E-state index contributed by atoms with van der Waals surface area (Å²) >= 11 is 0. The van der Waals surface area contributed by atoms with Crippen molar-refractivity contribution >= 4 is 5.97 Å². The number of piperidine rings is 1. The molecule has 188 valence electrons. The Morgan fingerprint density at radius 1 is 0.919 bits per heavy atom. The molecule has 0 spiro atoms. The van der Waals surface area contributed by atoms with Crippen molar-refractivity contribution in [3.63, 3.8) is 0 Å². The number of likely N-dealkylation sites (tertiary alicyclic amines) is 1. The fraction of sp³-hybridized carbons (Fsp3) is 0.312. The van der Waals surface area contributed by atoms with Crippen LogP contribution in [0.25, 0.3) is 22.5 Å². The van der Waals surface area contributed by atoms with E-state index >= 15 is 0 Å². The molecule has 1 saturated carbocycles. The van der Waals surface area contributed by atoms with E-state index in [2.05, 4.69) is 64.7 Å². The van der Waals surface area contributed by atoms with Crippen molar-refractivity contribution in [1.29, 1.82) is 0 Å². The maximum absolute atomic E-state index is 11.6. The second-order valence-electron chi connectivity index (χ2n) is 10.6. The van der Waals surface area contributed by atoms with Crippen LogP contribution in [0.4, 0.5) is 0 Å². The molecule has 3 aromatic carbocycles. The van der Waals surface area contributed by atoms with Crippen LogP contribution < -0.4 is 0 Å². The van der Waals surface area contributed by atoms with Gasteiger partial charge in [0.1, 0.15) is 0 Å². The fourth-order valence-electron chi connectivity index (χ4n) is 5.72. The second kappa shape index (κ2) is 9.64. The highest BCUT2D eigenvalue weighted by Gasteiger charge is 2.51. The third-order valence-corrected chi connectivity index (χ3v) is 8.30. The van der Waals surface area contributed by atoms with Crippen LogP contribution in [0.5, 0.6) is 0 Å². The van der Waals surface area contributed by atoms with E-state index in [1.165, 1.54) is 24.0 Å². The third kappa shape index (κ3) is 4.60. The van der Waals surface area contributed by atoms with Gasteiger partial charge in [-0.3, -0.25) is 9.69 Å². The zero-order chi connectivity index (χ0) is 25.4. The monoisotopic (exact) mass is 492 g/mol. The molecule has 1 aromatic heterocycles. The number of benzene rings is 3. The largest absolute Gasteiger partial charge is 0.481 e. The average molecular weight is 493 g/mol. The molecular weight excluding hydrogens is 460 g/mol. The fourth-order valence-corrected chi connectivity index (χ4v) is 5.72.